The van der Waals surface area contributed by atoms with Gasteiger partial charge < -0.3 is 4.74 Å². The van der Waals surface area contributed by atoms with Crippen LogP contribution in [0.3, 0.4) is 0 Å². The zero-order chi connectivity index (χ0) is 14.1. The van der Waals surface area contributed by atoms with Gasteiger partial charge in [-0.2, -0.15) is 0 Å². The molecule has 1 atom stereocenters. The first-order valence-electron chi connectivity index (χ1n) is 6.70. The number of fused-ring (bicyclic) bond motifs is 3. The van der Waals surface area contributed by atoms with Crippen molar-refractivity contribution in [2.24, 2.45) is 0 Å². The molecule has 6 heteroatoms. The second kappa shape index (κ2) is 5.69. The number of esters is 1. The highest BCUT2D eigenvalue weighted by Gasteiger charge is 2.23. The van der Waals surface area contributed by atoms with Gasteiger partial charge in [0.1, 0.15) is 21.4 Å². The Kier molecular flexibility index (Phi) is 3.94. The molecular weight excluding hydrogens is 292 g/mol. The maximum absolute atomic E-state index is 11.6. The molecule has 0 fully saturated rings. The van der Waals surface area contributed by atoms with E-state index >= 15 is 0 Å². The molecule has 0 amide bonds. The number of aromatic nitrogens is 2. The minimum Gasteiger partial charge on any atom is -0.468 e. The van der Waals surface area contributed by atoms with E-state index in [2.05, 4.69) is 9.97 Å². The van der Waals surface area contributed by atoms with Crippen LogP contribution < -0.4 is 0 Å². The minimum absolute atomic E-state index is 0.217. The lowest BCUT2D eigenvalue weighted by Crippen LogP contribution is -2.14. The normalized spacial score (nSPS) is 15.9. The number of thioether (sulfide) groups is 1. The van der Waals surface area contributed by atoms with Crippen molar-refractivity contribution in [1.29, 1.82) is 0 Å². The van der Waals surface area contributed by atoms with E-state index in [0.717, 1.165) is 28.1 Å². The van der Waals surface area contributed by atoms with Crippen LogP contribution in [0.15, 0.2) is 11.4 Å². The molecule has 3 rings (SSSR count). The lowest BCUT2D eigenvalue weighted by molar-refractivity contribution is -0.139. The number of carbonyl (C=O) groups excluding carboxylic acids is 1. The molecule has 4 nitrogen and oxygen atoms in total. The predicted octanol–water partition coefficient (Wildman–Crippen LogP) is 3.22. The highest BCUT2D eigenvalue weighted by atomic mass is 32.2. The summed E-state index contributed by atoms with van der Waals surface area (Å²) in [5, 5.41) is 1.82. The fraction of sp³-hybridized carbons (Fsp3) is 0.500. The molecule has 0 aromatic carbocycles. The number of methoxy groups -OCH3 is 1. The summed E-state index contributed by atoms with van der Waals surface area (Å²) in [5.41, 5.74) is 1.40. The van der Waals surface area contributed by atoms with Crippen LogP contribution in [0.5, 0.6) is 0 Å². The summed E-state index contributed by atoms with van der Waals surface area (Å²) in [6, 6.07) is 0. The number of hydrogen-bond acceptors (Lipinski definition) is 6. The largest absolute Gasteiger partial charge is 0.468 e. The van der Waals surface area contributed by atoms with Crippen molar-refractivity contribution in [3.05, 3.63) is 16.8 Å². The maximum Gasteiger partial charge on any atom is 0.318 e. The van der Waals surface area contributed by atoms with Crippen LogP contribution in [0, 0.1) is 0 Å². The van der Waals surface area contributed by atoms with Gasteiger partial charge in [0.25, 0.3) is 0 Å². The molecule has 20 heavy (non-hydrogen) atoms. The van der Waals surface area contributed by atoms with Crippen LogP contribution in [0.1, 0.15) is 30.2 Å². The van der Waals surface area contributed by atoms with E-state index in [0.29, 0.717) is 0 Å². The smallest absolute Gasteiger partial charge is 0.318 e. The van der Waals surface area contributed by atoms with Crippen molar-refractivity contribution in [2.45, 2.75) is 42.9 Å². The molecule has 0 saturated carbocycles. The van der Waals surface area contributed by atoms with E-state index in [-0.39, 0.29) is 11.2 Å². The van der Waals surface area contributed by atoms with Crippen LogP contribution in [0.25, 0.3) is 10.2 Å². The Bertz CT molecular complexity index is 654. The zero-order valence-corrected chi connectivity index (χ0v) is 13.1. The number of nitrogens with zero attached hydrogens (tertiary/aromatic N) is 2. The first kappa shape index (κ1) is 13.8. The third kappa shape index (κ3) is 2.42. The summed E-state index contributed by atoms with van der Waals surface area (Å²) in [4.78, 5) is 22.9. The zero-order valence-electron chi connectivity index (χ0n) is 11.5. The quantitative estimate of drug-likeness (QED) is 0.495. The fourth-order valence-corrected chi connectivity index (χ4v) is 4.80. The van der Waals surface area contributed by atoms with E-state index in [1.807, 2.05) is 6.92 Å². The Morgan fingerprint density at radius 3 is 3.00 bits per heavy atom. The van der Waals surface area contributed by atoms with Gasteiger partial charge >= 0.3 is 5.97 Å². The summed E-state index contributed by atoms with van der Waals surface area (Å²) in [5.74, 6) is -0.217. The molecule has 2 aromatic rings. The van der Waals surface area contributed by atoms with Crippen LogP contribution in [0.4, 0.5) is 0 Å². The van der Waals surface area contributed by atoms with Crippen molar-refractivity contribution < 1.29 is 9.53 Å². The highest BCUT2D eigenvalue weighted by molar-refractivity contribution is 8.00. The summed E-state index contributed by atoms with van der Waals surface area (Å²) in [6.45, 7) is 1.85. The van der Waals surface area contributed by atoms with Crippen LogP contribution >= 0.6 is 23.1 Å². The van der Waals surface area contributed by atoms with Crippen molar-refractivity contribution >= 4 is 39.3 Å². The monoisotopic (exact) mass is 308 g/mol. The number of hydrogen-bond donors (Lipinski definition) is 0. The van der Waals surface area contributed by atoms with E-state index in [1.54, 1.807) is 17.7 Å². The molecule has 0 saturated heterocycles. The maximum atomic E-state index is 11.6. The molecule has 0 aliphatic heterocycles. The second-order valence-corrected chi connectivity index (χ2v) is 7.27. The van der Waals surface area contributed by atoms with Crippen molar-refractivity contribution in [3.8, 4) is 0 Å². The van der Waals surface area contributed by atoms with Crippen molar-refractivity contribution in [2.75, 3.05) is 7.11 Å². The lowest BCUT2D eigenvalue weighted by atomic mass is 9.97. The first-order valence-corrected chi connectivity index (χ1v) is 8.40. The van der Waals surface area contributed by atoms with Gasteiger partial charge in [0, 0.05) is 10.3 Å². The van der Waals surface area contributed by atoms with Gasteiger partial charge in [-0.25, -0.2) is 9.97 Å². The average Bonchev–Trinajstić information content (AvgIpc) is 2.85. The van der Waals surface area contributed by atoms with Crippen molar-refractivity contribution in [1.82, 2.24) is 9.97 Å². The Morgan fingerprint density at radius 2 is 2.20 bits per heavy atom. The van der Waals surface area contributed by atoms with Crippen LogP contribution in [-0.2, 0) is 22.4 Å². The van der Waals surface area contributed by atoms with E-state index < -0.39 is 0 Å². The van der Waals surface area contributed by atoms with Crippen LogP contribution in [0.2, 0.25) is 0 Å². The molecule has 2 aromatic heterocycles. The molecule has 0 spiro atoms. The SMILES string of the molecule is COC(=O)C(C)Sc1ncnc2sc3c(c12)CCCC3. The molecule has 1 aliphatic carbocycles. The Balaban J connectivity index is 2.02. The summed E-state index contributed by atoms with van der Waals surface area (Å²) in [6.07, 6.45) is 6.32. The molecular formula is C14H16N2O2S2. The fourth-order valence-electron chi connectivity index (χ4n) is 2.53. The second-order valence-electron chi connectivity index (χ2n) is 4.85. The van der Waals surface area contributed by atoms with Gasteiger partial charge in [0.05, 0.1) is 7.11 Å². The van der Waals surface area contributed by atoms with E-state index in [4.69, 9.17) is 4.74 Å². The first-order chi connectivity index (χ1) is 9.70. The van der Waals surface area contributed by atoms with E-state index in [9.17, 15) is 4.79 Å². The summed E-state index contributed by atoms with van der Waals surface area (Å²) in [7, 11) is 1.42. The molecule has 2 heterocycles. The minimum atomic E-state index is -0.253. The molecule has 0 radical (unpaired) electrons. The summed E-state index contributed by atoms with van der Waals surface area (Å²) < 4.78 is 4.79. The van der Waals surface area contributed by atoms with E-state index in [1.165, 1.54) is 42.2 Å². The Hall–Kier alpha value is -1.14. The molecule has 1 unspecified atom stereocenters. The molecule has 0 bridgehead atoms. The number of aryl methyl sites for hydroxylation is 2. The van der Waals surface area contributed by atoms with Gasteiger partial charge in [-0.15, -0.1) is 11.3 Å². The van der Waals surface area contributed by atoms with Crippen LogP contribution in [-0.4, -0.2) is 28.3 Å². The van der Waals surface area contributed by atoms with Crippen molar-refractivity contribution in [3.63, 3.8) is 0 Å². The third-order valence-corrected chi connectivity index (χ3v) is 5.82. The average molecular weight is 308 g/mol. The standard InChI is InChI=1S/C14H16N2O2S2/c1-8(14(17)18-2)19-12-11-9-5-3-4-6-10(9)20-13(11)16-7-15-12/h7-8H,3-6H2,1-2H3. The number of rotatable bonds is 3. The molecule has 106 valence electrons. The number of carbonyl (C=O) groups is 1. The van der Waals surface area contributed by atoms with Gasteiger partial charge in [-0.3, -0.25) is 4.79 Å². The molecule has 1 aliphatic rings. The highest BCUT2D eigenvalue weighted by Crippen LogP contribution is 2.40. The van der Waals surface area contributed by atoms with Gasteiger partial charge in [0.2, 0.25) is 0 Å². The number of thiophene rings is 1. The summed E-state index contributed by atoms with van der Waals surface area (Å²) >= 11 is 3.24. The van der Waals surface area contributed by atoms with Gasteiger partial charge in [0.15, 0.2) is 0 Å². The number of ether oxygens (including phenoxy) is 1. The van der Waals surface area contributed by atoms with Gasteiger partial charge in [-0.1, -0.05) is 11.8 Å². The van der Waals surface area contributed by atoms with Gasteiger partial charge in [-0.05, 0) is 38.2 Å². The Labute approximate surface area is 126 Å². The predicted molar refractivity (Wildman–Crippen MR) is 81.4 cm³/mol. The third-order valence-electron chi connectivity index (χ3n) is 3.54. The Morgan fingerprint density at radius 1 is 1.40 bits per heavy atom. The molecule has 0 N–H and O–H groups in total. The topological polar surface area (TPSA) is 52.1 Å². The lowest BCUT2D eigenvalue weighted by Gasteiger charge is -2.12.